The van der Waals surface area contributed by atoms with E-state index in [4.69, 9.17) is 0 Å². The van der Waals surface area contributed by atoms with E-state index in [-0.39, 0.29) is 0 Å². The number of hydrogen-bond donors (Lipinski definition) is 1. The van der Waals surface area contributed by atoms with Crippen LogP contribution in [0.4, 0.5) is 0 Å². The molecule has 3 nitrogen and oxygen atoms in total. The van der Waals surface area contributed by atoms with Gasteiger partial charge in [-0.25, -0.2) is 0 Å². The summed E-state index contributed by atoms with van der Waals surface area (Å²) in [4.78, 5) is 0. The summed E-state index contributed by atoms with van der Waals surface area (Å²) in [7, 11) is 0. The molecule has 1 unspecified atom stereocenters. The van der Waals surface area contributed by atoms with E-state index < -0.39 is 6.10 Å². The van der Waals surface area contributed by atoms with Crippen LogP contribution in [0.15, 0.2) is 30.1 Å². The minimum atomic E-state index is -0.492. The van der Waals surface area contributed by atoms with Gasteiger partial charge in [0.1, 0.15) is 6.10 Å². The van der Waals surface area contributed by atoms with E-state index in [2.05, 4.69) is 16.3 Å². The largest absolute Gasteiger partial charge is 0.384 e. The van der Waals surface area contributed by atoms with E-state index in [1.54, 1.807) is 12.4 Å². The first kappa shape index (κ1) is 11.3. The number of nitrogens with zero attached hydrogens (tertiary/aromatic N) is 2. The second-order valence-corrected chi connectivity index (χ2v) is 4.31. The van der Waals surface area contributed by atoms with Gasteiger partial charge < -0.3 is 5.11 Å². The Labute approximate surface area is 96.2 Å². The molecule has 1 aliphatic rings. The summed E-state index contributed by atoms with van der Waals surface area (Å²) < 4.78 is 0. The Hall–Kier alpha value is -1.22. The molecule has 0 aromatic carbocycles. The van der Waals surface area contributed by atoms with Crippen molar-refractivity contribution in [1.29, 1.82) is 0 Å². The van der Waals surface area contributed by atoms with Crippen LogP contribution in [0.5, 0.6) is 0 Å². The monoisotopic (exact) mass is 218 g/mol. The van der Waals surface area contributed by atoms with Crippen LogP contribution in [0.3, 0.4) is 0 Å². The molecule has 1 aromatic heterocycles. The maximum atomic E-state index is 10.2. The molecule has 0 spiro atoms. The van der Waals surface area contributed by atoms with Gasteiger partial charge in [0.15, 0.2) is 0 Å². The van der Waals surface area contributed by atoms with Gasteiger partial charge in [-0.3, -0.25) is 0 Å². The third-order valence-electron chi connectivity index (χ3n) is 3.10. The molecule has 0 aliphatic heterocycles. The van der Waals surface area contributed by atoms with Crippen molar-refractivity contribution >= 4 is 0 Å². The van der Waals surface area contributed by atoms with Crippen LogP contribution in [0.1, 0.15) is 50.2 Å². The smallest absolute Gasteiger partial charge is 0.102 e. The van der Waals surface area contributed by atoms with Gasteiger partial charge in [-0.05, 0) is 37.3 Å². The number of aliphatic hydroxyl groups is 1. The molecule has 0 amide bonds. The van der Waals surface area contributed by atoms with Gasteiger partial charge in [-0.1, -0.05) is 18.9 Å². The van der Waals surface area contributed by atoms with E-state index >= 15 is 0 Å². The van der Waals surface area contributed by atoms with Crippen LogP contribution < -0.4 is 0 Å². The zero-order chi connectivity index (χ0) is 11.2. The molecule has 1 atom stereocenters. The maximum absolute atomic E-state index is 10.2. The molecule has 1 N–H and O–H groups in total. The fraction of sp³-hybridized carbons (Fsp3) is 0.538. The van der Waals surface area contributed by atoms with Crippen LogP contribution in [0, 0.1) is 0 Å². The van der Waals surface area contributed by atoms with Crippen molar-refractivity contribution in [2.75, 3.05) is 0 Å². The van der Waals surface area contributed by atoms with Gasteiger partial charge >= 0.3 is 0 Å². The number of rotatable bonds is 2. The molecule has 0 bridgehead atoms. The van der Waals surface area contributed by atoms with Gasteiger partial charge in [-0.2, -0.15) is 10.2 Å². The highest BCUT2D eigenvalue weighted by Gasteiger charge is 2.14. The number of aromatic nitrogens is 2. The molecular weight excluding hydrogens is 200 g/mol. The predicted octanol–water partition coefficient (Wildman–Crippen LogP) is 2.79. The first-order chi connectivity index (χ1) is 7.88. The lowest BCUT2D eigenvalue weighted by atomic mass is 9.94. The molecule has 0 saturated heterocycles. The molecule has 1 heterocycles. The second kappa shape index (κ2) is 5.75. The van der Waals surface area contributed by atoms with Crippen molar-refractivity contribution in [3.05, 3.63) is 35.7 Å². The quantitative estimate of drug-likeness (QED) is 0.776. The summed E-state index contributed by atoms with van der Waals surface area (Å²) in [6, 6.07) is 1.83. The Balaban J connectivity index is 2.10. The third kappa shape index (κ3) is 2.89. The van der Waals surface area contributed by atoms with Crippen LogP contribution in [-0.2, 0) is 0 Å². The van der Waals surface area contributed by atoms with Gasteiger partial charge in [0, 0.05) is 11.8 Å². The molecule has 16 heavy (non-hydrogen) atoms. The minimum Gasteiger partial charge on any atom is -0.384 e. The molecule has 0 fully saturated rings. The zero-order valence-corrected chi connectivity index (χ0v) is 9.47. The summed E-state index contributed by atoms with van der Waals surface area (Å²) in [6.45, 7) is 0. The van der Waals surface area contributed by atoms with Crippen molar-refractivity contribution in [2.45, 2.75) is 44.6 Å². The summed E-state index contributed by atoms with van der Waals surface area (Å²) in [6.07, 6.45) is 12.1. The van der Waals surface area contributed by atoms with E-state index in [0.29, 0.717) is 0 Å². The molecule has 3 heteroatoms. The highest BCUT2D eigenvalue weighted by Crippen LogP contribution is 2.27. The average molecular weight is 218 g/mol. The standard InChI is InChI=1S/C13H18N2O/c16-13(12-8-9-14-15-10-12)11-6-4-2-1-3-5-7-11/h6,8-10,13,16H,1-5,7H2/b11-6+. The Bertz CT molecular complexity index is 348. The van der Waals surface area contributed by atoms with Crippen molar-refractivity contribution in [3.8, 4) is 0 Å². The topological polar surface area (TPSA) is 46.0 Å². The Kier molecular flexibility index (Phi) is 4.05. The number of hydrogen-bond acceptors (Lipinski definition) is 3. The van der Waals surface area contributed by atoms with Crippen molar-refractivity contribution in [3.63, 3.8) is 0 Å². The van der Waals surface area contributed by atoms with Crippen LogP contribution >= 0.6 is 0 Å². The average Bonchev–Trinajstić information content (AvgIpc) is 2.29. The molecule has 0 radical (unpaired) electrons. The molecular formula is C13H18N2O. The maximum Gasteiger partial charge on any atom is 0.102 e. The minimum absolute atomic E-state index is 0.492. The molecule has 2 rings (SSSR count). The first-order valence-electron chi connectivity index (χ1n) is 6.01. The first-order valence-corrected chi connectivity index (χ1v) is 6.01. The molecule has 86 valence electrons. The van der Waals surface area contributed by atoms with Gasteiger partial charge in [-0.15, -0.1) is 0 Å². The van der Waals surface area contributed by atoms with Crippen LogP contribution in [-0.4, -0.2) is 15.3 Å². The Morgan fingerprint density at radius 3 is 2.81 bits per heavy atom. The lowest BCUT2D eigenvalue weighted by Crippen LogP contribution is -2.04. The van der Waals surface area contributed by atoms with Gasteiger partial charge in [0.2, 0.25) is 0 Å². The van der Waals surface area contributed by atoms with E-state index in [1.807, 2.05) is 6.07 Å². The van der Waals surface area contributed by atoms with E-state index in [1.165, 1.54) is 25.7 Å². The summed E-state index contributed by atoms with van der Waals surface area (Å²) >= 11 is 0. The van der Waals surface area contributed by atoms with Crippen molar-refractivity contribution in [2.24, 2.45) is 0 Å². The predicted molar refractivity (Wildman–Crippen MR) is 62.8 cm³/mol. The lowest BCUT2D eigenvalue weighted by Gasteiger charge is -2.17. The molecule has 0 saturated carbocycles. The van der Waals surface area contributed by atoms with E-state index in [0.717, 1.165) is 24.0 Å². The number of aliphatic hydroxyl groups excluding tert-OH is 1. The Morgan fingerprint density at radius 2 is 2.00 bits per heavy atom. The van der Waals surface area contributed by atoms with Crippen LogP contribution in [0.2, 0.25) is 0 Å². The van der Waals surface area contributed by atoms with E-state index in [9.17, 15) is 5.11 Å². The molecule has 1 aliphatic carbocycles. The van der Waals surface area contributed by atoms with Crippen molar-refractivity contribution < 1.29 is 5.11 Å². The van der Waals surface area contributed by atoms with Crippen molar-refractivity contribution in [1.82, 2.24) is 10.2 Å². The highest BCUT2D eigenvalue weighted by atomic mass is 16.3. The Morgan fingerprint density at radius 1 is 1.12 bits per heavy atom. The van der Waals surface area contributed by atoms with Gasteiger partial charge in [0.25, 0.3) is 0 Å². The van der Waals surface area contributed by atoms with Gasteiger partial charge in [0.05, 0.1) is 6.20 Å². The fourth-order valence-electron chi connectivity index (χ4n) is 2.14. The highest BCUT2D eigenvalue weighted by molar-refractivity contribution is 5.22. The third-order valence-corrected chi connectivity index (χ3v) is 3.10. The summed E-state index contributed by atoms with van der Waals surface area (Å²) in [5, 5.41) is 17.8. The summed E-state index contributed by atoms with van der Waals surface area (Å²) in [5.41, 5.74) is 1.99. The number of allylic oxidation sites excluding steroid dienone is 1. The normalized spacial score (nSPS) is 22.7. The fourth-order valence-corrected chi connectivity index (χ4v) is 2.14. The SMILES string of the molecule is OC(/C1=C/CCCCCC1)c1ccnnc1. The second-order valence-electron chi connectivity index (χ2n) is 4.31. The molecule has 1 aromatic rings. The summed E-state index contributed by atoms with van der Waals surface area (Å²) in [5.74, 6) is 0. The zero-order valence-electron chi connectivity index (χ0n) is 9.47. The lowest BCUT2D eigenvalue weighted by molar-refractivity contribution is 0.208. The van der Waals surface area contributed by atoms with Crippen LogP contribution in [0.25, 0.3) is 0 Å².